The summed E-state index contributed by atoms with van der Waals surface area (Å²) < 4.78 is 5.76. The summed E-state index contributed by atoms with van der Waals surface area (Å²) in [5.74, 6) is 1.59. The van der Waals surface area contributed by atoms with Crippen molar-refractivity contribution in [3.63, 3.8) is 0 Å². The number of ether oxygens (including phenoxy) is 1. The quantitative estimate of drug-likeness (QED) is 0.675. The average Bonchev–Trinajstić information content (AvgIpc) is 3.22. The summed E-state index contributed by atoms with van der Waals surface area (Å²) in [7, 11) is 0. The molecule has 1 aliphatic rings. The number of hydrogen-bond acceptors (Lipinski definition) is 2. The van der Waals surface area contributed by atoms with Crippen molar-refractivity contribution in [3.8, 4) is 5.75 Å². The van der Waals surface area contributed by atoms with Gasteiger partial charge in [-0.3, -0.25) is 0 Å². The van der Waals surface area contributed by atoms with Gasteiger partial charge in [0, 0.05) is 6.04 Å². The van der Waals surface area contributed by atoms with E-state index in [0.29, 0.717) is 5.92 Å². The normalized spacial score (nSPS) is 14.9. The van der Waals surface area contributed by atoms with Crippen molar-refractivity contribution in [2.45, 2.75) is 57.9 Å². The van der Waals surface area contributed by atoms with Gasteiger partial charge in [0.2, 0.25) is 0 Å². The molecule has 0 aliphatic heterocycles. The van der Waals surface area contributed by atoms with E-state index in [1.54, 1.807) is 0 Å². The van der Waals surface area contributed by atoms with Crippen molar-refractivity contribution in [2.75, 3.05) is 13.2 Å². The Morgan fingerprint density at radius 1 is 1.11 bits per heavy atom. The van der Waals surface area contributed by atoms with Gasteiger partial charge in [-0.25, -0.2) is 0 Å². The van der Waals surface area contributed by atoms with E-state index >= 15 is 0 Å². The average molecular weight is 261 g/mol. The van der Waals surface area contributed by atoms with Crippen LogP contribution < -0.4 is 10.1 Å². The molecule has 0 atom stereocenters. The van der Waals surface area contributed by atoms with Crippen LogP contribution in [-0.2, 0) is 0 Å². The van der Waals surface area contributed by atoms with E-state index < -0.39 is 0 Å². The summed E-state index contributed by atoms with van der Waals surface area (Å²) in [6.07, 6.45) is 6.44. The van der Waals surface area contributed by atoms with Gasteiger partial charge in [-0.15, -0.1) is 0 Å². The summed E-state index contributed by atoms with van der Waals surface area (Å²) in [4.78, 5) is 0. The largest absolute Gasteiger partial charge is 0.494 e. The van der Waals surface area contributed by atoms with Gasteiger partial charge in [0.25, 0.3) is 0 Å². The Morgan fingerprint density at radius 3 is 2.47 bits per heavy atom. The van der Waals surface area contributed by atoms with Crippen molar-refractivity contribution in [1.82, 2.24) is 5.32 Å². The molecule has 106 valence electrons. The molecule has 0 bridgehead atoms. The zero-order chi connectivity index (χ0) is 13.5. The van der Waals surface area contributed by atoms with Crippen molar-refractivity contribution in [3.05, 3.63) is 29.8 Å². The Bertz CT molecular complexity index is 354. The van der Waals surface area contributed by atoms with Crippen LogP contribution in [0.2, 0.25) is 0 Å². The highest BCUT2D eigenvalue weighted by molar-refractivity contribution is 5.28. The van der Waals surface area contributed by atoms with E-state index in [1.807, 2.05) is 0 Å². The maximum atomic E-state index is 5.76. The fourth-order valence-corrected chi connectivity index (χ4v) is 2.14. The fraction of sp³-hybridized carbons (Fsp3) is 0.647. The maximum absolute atomic E-state index is 5.76. The lowest BCUT2D eigenvalue weighted by atomic mass is 10.0. The number of benzene rings is 1. The van der Waals surface area contributed by atoms with E-state index in [1.165, 1.54) is 37.8 Å². The summed E-state index contributed by atoms with van der Waals surface area (Å²) in [5, 5.41) is 3.54. The minimum atomic E-state index is 0.591. The second kappa shape index (κ2) is 7.54. The number of nitrogens with one attached hydrogen (secondary N) is 1. The lowest BCUT2D eigenvalue weighted by Gasteiger charge is -2.09. The molecule has 2 rings (SSSR count). The van der Waals surface area contributed by atoms with Gasteiger partial charge in [-0.2, -0.15) is 0 Å². The third kappa shape index (κ3) is 5.65. The first-order chi connectivity index (χ1) is 9.25. The molecule has 1 aromatic rings. The van der Waals surface area contributed by atoms with Crippen LogP contribution in [0.25, 0.3) is 0 Å². The smallest absolute Gasteiger partial charge is 0.119 e. The summed E-state index contributed by atoms with van der Waals surface area (Å²) in [6.45, 7) is 6.44. The van der Waals surface area contributed by atoms with E-state index in [9.17, 15) is 0 Å². The fourth-order valence-electron chi connectivity index (χ4n) is 2.14. The molecule has 1 saturated carbocycles. The van der Waals surface area contributed by atoms with Gasteiger partial charge in [0.15, 0.2) is 0 Å². The van der Waals surface area contributed by atoms with Crippen LogP contribution in [0.3, 0.4) is 0 Å². The molecule has 2 heteroatoms. The van der Waals surface area contributed by atoms with Crippen LogP contribution in [0.4, 0.5) is 0 Å². The predicted molar refractivity (Wildman–Crippen MR) is 80.9 cm³/mol. The number of hydrogen-bond donors (Lipinski definition) is 1. The summed E-state index contributed by atoms with van der Waals surface area (Å²) >= 11 is 0. The Kier molecular flexibility index (Phi) is 5.71. The number of unbranched alkanes of at least 4 members (excludes halogenated alkanes) is 2. The van der Waals surface area contributed by atoms with Gasteiger partial charge in [-0.05, 0) is 62.3 Å². The summed E-state index contributed by atoms with van der Waals surface area (Å²) in [5.41, 5.74) is 1.37. The highest BCUT2D eigenvalue weighted by atomic mass is 16.5. The Labute approximate surface area is 117 Å². The Balaban J connectivity index is 1.52. The van der Waals surface area contributed by atoms with E-state index in [2.05, 4.69) is 43.4 Å². The predicted octanol–water partition coefficient (Wildman–Crippen LogP) is 4.11. The molecule has 19 heavy (non-hydrogen) atoms. The maximum Gasteiger partial charge on any atom is 0.119 e. The first-order valence-electron chi connectivity index (χ1n) is 7.72. The summed E-state index contributed by atoms with van der Waals surface area (Å²) in [6, 6.07) is 9.35. The minimum absolute atomic E-state index is 0.591. The van der Waals surface area contributed by atoms with E-state index in [-0.39, 0.29) is 0 Å². The molecule has 0 unspecified atom stereocenters. The van der Waals surface area contributed by atoms with Crippen molar-refractivity contribution >= 4 is 0 Å². The van der Waals surface area contributed by atoms with Crippen LogP contribution in [0, 0.1) is 0 Å². The van der Waals surface area contributed by atoms with Gasteiger partial charge in [0.05, 0.1) is 6.61 Å². The standard InChI is InChI=1S/C17H27NO/c1-14(2)15-6-10-17(11-7-15)19-13-5-3-4-12-18-16-8-9-16/h6-7,10-11,14,16,18H,3-5,8-9,12-13H2,1-2H3. The molecule has 0 amide bonds. The topological polar surface area (TPSA) is 21.3 Å². The van der Waals surface area contributed by atoms with E-state index in [4.69, 9.17) is 4.74 Å². The zero-order valence-corrected chi connectivity index (χ0v) is 12.3. The van der Waals surface area contributed by atoms with Gasteiger partial charge >= 0.3 is 0 Å². The van der Waals surface area contributed by atoms with Gasteiger partial charge in [0.1, 0.15) is 5.75 Å². The van der Waals surface area contributed by atoms with Gasteiger partial charge in [-0.1, -0.05) is 26.0 Å². The van der Waals surface area contributed by atoms with Crippen LogP contribution in [0.5, 0.6) is 5.75 Å². The second-order valence-corrected chi connectivity index (χ2v) is 5.86. The molecule has 2 nitrogen and oxygen atoms in total. The molecule has 0 aromatic heterocycles. The Morgan fingerprint density at radius 2 is 1.84 bits per heavy atom. The Hall–Kier alpha value is -1.02. The van der Waals surface area contributed by atoms with Gasteiger partial charge < -0.3 is 10.1 Å². The van der Waals surface area contributed by atoms with Crippen LogP contribution in [0.1, 0.15) is 57.4 Å². The van der Waals surface area contributed by atoms with Crippen LogP contribution in [-0.4, -0.2) is 19.2 Å². The van der Waals surface area contributed by atoms with Crippen LogP contribution >= 0.6 is 0 Å². The van der Waals surface area contributed by atoms with Crippen LogP contribution in [0.15, 0.2) is 24.3 Å². The zero-order valence-electron chi connectivity index (χ0n) is 12.3. The molecular weight excluding hydrogens is 234 g/mol. The lowest BCUT2D eigenvalue weighted by Crippen LogP contribution is -2.17. The van der Waals surface area contributed by atoms with Crippen molar-refractivity contribution < 1.29 is 4.74 Å². The van der Waals surface area contributed by atoms with E-state index in [0.717, 1.165) is 24.8 Å². The molecule has 1 aromatic carbocycles. The molecule has 1 aliphatic carbocycles. The molecule has 0 radical (unpaired) electrons. The first-order valence-corrected chi connectivity index (χ1v) is 7.72. The highest BCUT2D eigenvalue weighted by Gasteiger charge is 2.19. The van der Waals surface area contributed by atoms with Crippen molar-refractivity contribution in [2.24, 2.45) is 0 Å². The molecule has 0 heterocycles. The SMILES string of the molecule is CC(C)c1ccc(OCCCCCNC2CC2)cc1. The molecule has 0 spiro atoms. The molecule has 1 fully saturated rings. The monoisotopic (exact) mass is 261 g/mol. The molecule has 1 N–H and O–H groups in total. The third-order valence-electron chi connectivity index (χ3n) is 3.65. The second-order valence-electron chi connectivity index (χ2n) is 5.86. The minimum Gasteiger partial charge on any atom is -0.494 e. The van der Waals surface area contributed by atoms with Crippen molar-refractivity contribution in [1.29, 1.82) is 0 Å². The molecular formula is C17H27NO. The number of rotatable bonds is 9. The lowest BCUT2D eigenvalue weighted by molar-refractivity contribution is 0.305. The third-order valence-corrected chi connectivity index (χ3v) is 3.65. The highest BCUT2D eigenvalue weighted by Crippen LogP contribution is 2.19. The molecule has 0 saturated heterocycles. The first kappa shape index (κ1) is 14.4.